The molecule has 218 valence electrons. The van der Waals surface area contributed by atoms with Crippen LogP contribution in [-0.4, -0.2) is 32.5 Å². The molecule has 1 heterocycles. The molecule has 0 radical (unpaired) electrons. The lowest BCUT2D eigenvalue weighted by Crippen LogP contribution is -2.38. The van der Waals surface area contributed by atoms with Crippen LogP contribution in [0.4, 0.5) is 24.5 Å². The molecule has 7 nitrogen and oxygen atoms in total. The maximum absolute atomic E-state index is 14.0. The fourth-order valence-corrected chi connectivity index (χ4v) is 6.72. The van der Waals surface area contributed by atoms with E-state index < -0.39 is 34.2 Å². The Labute approximate surface area is 241 Å². The van der Waals surface area contributed by atoms with Gasteiger partial charge in [-0.05, 0) is 74.0 Å². The van der Waals surface area contributed by atoms with E-state index in [1.165, 1.54) is 25.3 Å². The maximum atomic E-state index is 14.0. The number of aromatic nitrogens is 1. The van der Waals surface area contributed by atoms with Gasteiger partial charge in [-0.15, -0.1) is 0 Å². The number of nitrogens with one attached hydrogen (secondary N) is 1. The summed E-state index contributed by atoms with van der Waals surface area (Å²) in [6.45, 7) is 3.66. The number of amides is 1. The zero-order valence-corrected chi connectivity index (χ0v) is 23.9. The first-order valence-electron chi connectivity index (χ1n) is 13.1. The van der Waals surface area contributed by atoms with E-state index in [1.54, 1.807) is 25.1 Å². The molecule has 42 heavy (non-hydrogen) atoms. The largest absolute Gasteiger partial charge is 0.495 e. The van der Waals surface area contributed by atoms with Gasteiger partial charge in [-0.25, -0.2) is 8.42 Å². The number of rotatable bonds is 8. The van der Waals surface area contributed by atoms with Crippen LogP contribution in [0.1, 0.15) is 18.1 Å². The number of fused-ring (bicyclic) bond motifs is 3. The number of methoxy groups -OCH3 is 1. The summed E-state index contributed by atoms with van der Waals surface area (Å²) in [5.74, 6) is -0.739. The van der Waals surface area contributed by atoms with Gasteiger partial charge in [-0.1, -0.05) is 30.3 Å². The van der Waals surface area contributed by atoms with Crippen LogP contribution in [0.2, 0.25) is 0 Å². The van der Waals surface area contributed by atoms with Crippen molar-refractivity contribution in [2.45, 2.75) is 31.5 Å². The van der Waals surface area contributed by atoms with Crippen molar-refractivity contribution >= 4 is 49.1 Å². The summed E-state index contributed by atoms with van der Waals surface area (Å²) >= 11 is 0. The minimum atomic E-state index is -4.72. The Morgan fingerprint density at radius 2 is 1.67 bits per heavy atom. The minimum Gasteiger partial charge on any atom is -0.495 e. The van der Waals surface area contributed by atoms with Crippen LogP contribution in [0.5, 0.6) is 5.75 Å². The summed E-state index contributed by atoms with van der Waals surface area (Å²) in [7, 11) is -3.27. The number of carbonyl (C=O) groups is 1. The van der Waals surface area contributed by atoms with E-state index in [-0.39, 0.29) is 16.3 Å². The molecule has 0 aliphatic carbocycles. The number of hydrogen-bond donors (Lipinski definition) is 1. The third-order valence-electron chi connectivity index (χ3n) is 7.01. The fraction of sp³-hybridized carbons (Fsp3) is 0.194. The molecule has 1 N–H and O–H groups in total. The average Bonchev–Trinajstić information content (AvgIpc) is 3.28. The summed E-state index contributed by atoms with van der Waals surface area (Å²) in [5, 5.41) is 4.62. The number of benzene rings is 4. The Bertz CT molecular complexity index is 1920. The smallest absolute Gasteiger partial charge is 0.416 e. The summed E-state index contributed by atoms with van der Waals surface area (Å²) in [6, 6.07) is 21.5. The van der Waals surface area contributed by atoms with E-state index in [9.17, 15) is 26.4 Å². The van der Waals surface area contributed by atoms with E-state index >= 15 is 0 Å². The summed E-state index contributed by atoms with van der Waals surface area (Å²) in [5.41, 5.74) is 1.65. The third kappa shape index (κ3) is 5.39. The predicted molar refractivity (Wildman–Crippen MR) is 157 cm³/mol. The van der Waals surface area contributed by atoms with Crippen molar-refractivity contribution in [2.24, 2.45) is 0 Å². The topological polar surface area (TPSA) is 80.6 Å². The van der Waals surface area contributed by atoms with Crippen LogP contribution in [0.25, 0.3) is 21.8 Å². The molecule has 0 spiro atoms. The number of para-hydroxylation sites is 1. The van der Waals surface area contributed by atoms with Crippen molar-refractivity contribution in [2.75, 3.05) is 23.3 Å². The van der Waals surface area contributed by atoms with E-state index in [4.69, 9.17) is 4.74 Å². The second-order valence-corrected chi connectivity index (χ2v) is 11.6. The Hall–Kier alpha value is -4.51. The second-order valence-electron chi connectivity index (χ2n) is 9.76. The number of anilines is 2. The van der Waals surface area contributed by atoms with Crippen LogP contribution in [0.3, 0.4) is 0 Å². The molecule has 0 unspecified atom stereocenters. The Morgan fingerprint density at radius 3 is 2.38 bits per heavy atom. The van der Waals surface area contributed by atoms with Crippen molar-refractivity contribution in [3.63, 3.8) is 0 Å². The molecule has 0 aliphatic rings. The van der Waals surface area contributed by atoms with Gasteiger partial charge < -0.3 is 14.6 Å². The molecule has 5 aromatic rings. The molecule has 1 aromatic heterocycles. The minimum absolute atomic E-state index is 0.00394. The van der Waals surface area contributed by atoms with Crippen molar-refractivity contribution in [1.29, 1.82) is 0 Å². The van der Waals surface area contributed by atoms with Gasteiger partial charge in [0, 0.05) is 34.0 Å². The fourth-order valence-electron chi connectivity index (χ4n) is 5.06. The summed E-state index contributed by atoms with van der Waals surface area (Å²) in [4.78, 5) is 13.1. The van der Waals surface area contributed by atoms with Gasteiger partial charge in [0.2, 0.25) is 5.91 Å². The normalized spacial score (nSPS) is 12.0. The third-order valence-corrected chi connectivity index (χ3v) is 8.80. The zero-order chi connectivity index (χ0) is 30.2. The molecule has 0 atom stereocenters. The number of sulfonamides is 1. The summed E-state index contributed by atoms with van der Waals surface area (Å²) < 4.78 is 76.7. The predicted octanol–water partition coefficient (Wildman–Crippen LogP) is 6.98. The molecule has 0 saturated heterocycles. The van der Waals surface area contributed by atoms with Crippen LogP contribution in [0.15, 0.2) is 89.8 Å². The van der Waals surface area contributed by atoms with Gasteiger partial charge in [0.15, 0.2) is 0 Å². The van der Waals surface area contributed by atoms with E-state index in [2.05, 4.69) is 9.88 Å². The van der Waals surface area contributed by atoms with Crippen molar-refractivity contribution in [1.82, 2.24) is 4.57 Å². The number of hydrogen-bond acceptors (Lipinski definition) is 4. The van der Waals surface area contributed by atoms with Crippen molar-refractivity contribution in [3.8, 4) is 5.75 Å². The van der Waals surface area contributed by atoms with Gasteiger partial charge in [-0.3, -0.25) is 9.10 Å². The first-order chi connectivity index (χ1) is 19.9. The molecule has 5 rings (SSSR count). The molecule has 4 aromatic carbocycles. The molecule has 1 amide bonds. The molecule has 0 aliphatic heterocycles. The number of halogens is 3. The maximum Gasteiger partial charge on any atom is 0.416 e. The van der Waals surface area contributed by atoms with Crippen LogP contribution < -0.4 is 14.4 Å². The number of ether oxygens (including phenoxy) is 1. The molecule has 0 saturated carbocycles. The highest BCUT2D eigenvalue weighted by Crippen LogP contribution is 2.36. The van der Waals surface area contributed by atoms with Gasteiger partial charge in [0.05, 0.1) is 18.4 Å². The second kappa shape index (κ2) is 11.1. The highest BCUT2D eigenvalue weighted by atomic mass is 32.2. The Morgan fingerprint density at radius 1 is 0.929 bits per heavy atom. The van der Waals surface area contributed by atoms with Gasteiger partial charge in [0.25, 0.3) is 10.0 Å². The Balaban J connectivity index is 1.55. The summed E-state index contributed by atoms with van der Waals surface area (Å²) in [6.07, 6.45) is -4.72. The standard InChI is InChI=1S/C31H28F3N3O4S/c1-4-36-26-11-6-5-10-24(26)25-18-22(13-14-27(25)36)35-30(38)19-37(23-9-7-8-21(17-23)31(32,33)34)42(39,40)29-16-20(2)12-15-28(29)41-3/h5-18H,4,19H2,1-3H3,(H,35,38). The van der Waals surface area contributed by atoms with E-state index in [0.717, 1.165) is 40.5 Å². The van der Waals surface area contributed by atoms with E-state index in [1.807, 2.05) is 37.3 Å². The molecule has 0 bridgehead atoms. The average molecular weight is 596 g/mol. The SMILES string of the molecule is CCn1c2ccccc2c2cc(NC(=O)CN(c3cccc(C(F)(F)F)c3)S(=O)(=O)c3cc(C)ccc3OC)ccc21. The number of alkyl halides is 3. The first-order valence-corrected chi connectivity index (χ1v) is 14.5. The van der Waals surface area contributed by atoms with Gasteiger partial charge in [0.1, 0.15) is 17.2 Å². The van der Waals surface area contributed by atoms with Crippen LogP contribution in [0, 0.1) is 6.92 Å². The molecular formula is C31H28F3N3O4S. The van der Waals surface area contributed by atoms with Gasteiger partial charge in [-0.2, -0.15) is 13.2 Å². The molecule has 0 fully saturated rings. The van der Waals surface area contributed by atoms with Crippen molar-refractivity contribution < 1.29 is 31.1 Å². The number of aryl methyl sites for hydroxylation is 2. The Kier molecular flexibility index (Phi) is 7.63. The molecule has 11 heteroatoms. The highest BCUT2D eigenvalue weighted by molar-refractivity contribution is 7.93. The lowest BCUT2D eigenvalue weighted by molar-refractivity contribution is -0.137. The van der Waals surface area contributed by atoms with E-state index in [0.29, 0.717) is 21.6 Å². The van der Waals surface area contributed by atoms with Crippen LogP contribution in [-0.2, 0) is 27.5 Å². The zero-order valence-electron chi connectivity index (χ0n) is 23.1. The first kappa shape index (κ1) is 29.0. The quantitative estimate of drug-likeness (QED) is 0.210. The number of carbonyl (C=O) groups excluding carboxylic acids is 1. The van der Waals surface area contributed by atoms with Gasteiger partial charge >= 0.3 is 6.18 Å². The molecular weight excluding hydrogens is 567 g/mol. The lowest BCUT2D eigenvalue weighted by Gasteiger charge is -2.26. The highest BCUT2D eigenvalue weighted by Gasteiger charge is 2.34. The number of nitrogens with zero attached hydrogens (tertiary/aromatic N) is 2. The van der Waals surface area contributed by atoms with Crippen LogP contribution >= 0.6 is 0 Å². The monoisotopic (exact) mass is 595 g/mol. The lowest BCUT2D eigenvalue weighted by atomic mass is 10.1. The van der Waals surface area contributed by atoms with Crippen molar-refractivity contribution in [3.05, 3.63) is 96.1 Å².